The molecule has 2 N–H and O–H groups in total. The number of rotatable bonds is 6. The van der Waals surface area contributed by atoms with Crippen LogP contribution in [0.2, 0.25) is 0 Å². The lowest BCUT2D eigenvalue weighted by Crippen LogP contribution is -2.29. The first-order valence-corrected chi connectivity index (χ1v) is 6.13. The summed E-state index contributed by atoms with van der Waals surface area (Å²) in [4.78, 5) is 23.0. The number of aromatic carboxylic acids is 1. The molecule has 0 amide bonds. The quantitative estimate of drug-likeness (QED) is 0.804. The van der Waals surface area contributed by atoms with Crippen molar-refractivity contribution in [3.05, 3.63) is 28.2 Å². The minimum absolute atomic E-state index is 0.0407. The van der Waals surface area contributed by atoms with Gasteiger partial charge in [-0.1, -0.05) is 0 Å². The van der Waals surface area contributed by atoms with Crippen LogP contribution in [0.4, 0.5) is 0 Å². The van der Waals surface area contributed by atoms with Crippen molar-refractivity contribution >= 4 is 5.97 Å². The summed E-state index contributed by atoms with van der Waals surface area (Å²) >= 11 is 0. The Hall–Kier alpha value is -1.82. The highest BCUT2D eigenvalue weighted by molar-refractivity contribution is 5.86. The Morgan fingerprint density at radius 1 is 1.47 bits per heavy atom. The summed E-state index contributed by atoms with van der Waals surface area (Å²) in [6.07, 6.45) is 2.72. The topological polar surface area (TPSA) is 88.8 Å². The largest absolute Gasteiger partial charge is 0.508 e. The molecular weight excluding hydrogens is 250 g/mol. The van der Waals surface area contributed by atoms with Gasteiger partial charge in [-0.3, -0.25) is 4.79 Å². The van der Waals surface area contributed by atoms with Gasteiger partial charge in [0.15, 0.2) is 0 Å². The zero-order valence-electron chi connectivity index (χ0n) is 10.8. The highest BCUT2D eigenvalue weighted by atomic mass is 16.5. The summed E-state index contributed by atoms with van der Waals surface area (Å²) in [5.41, 5.74) is -0.698. The molecule has 0 unspecified atom stereocenters. The van der Waals surface area contributed by atoms with Crippen molar-refractivity contribution in [2.24, 2.45) is 5.41 Å². The molecule has 0 saturated heterocycles. The van der Waals surface area contributed by atoms with Gasteiger partial charge in [-0.2, -0.15) is 0 Å². The van der Waals surface area contributed by atoms with Crippen molar-refractivity contribution in [3.8, 4) is 5.75 Å². The smallest absolute Gasteiger partial charge is 0.352 e. The van der Waals surface area contributed by atoms with Crippen LogP contribution in [0.5, 0.6) is 5.75 Å². The summed E-state index contributed by atoms with van der Waals surface area (Å²) < 4.78 is 6.27. The molecule has 1 aliphatic carbocycles. The fourth-order valence-corrected chi connectivity index (χ4v) is 2.24. The van der Waals surface area contributed by atoms with E-state index in [0.717, 1.165) is 31.4 Å². The third-order valence-electron chi connectivity index (χ3n) is 3.62. The second kappa shape index (κ2) is 5.05. The zero-order valence-corrected chi connectivity index (χ0v) is 10.8. The van der Waals surface area contributed by atoms with Crippen molar-refractivity contribution in [2.75, 3.05) is 13.7 Å². The van der Waals surface area contributed by atoms with Gasteiger partial charge in [-0.15, -0.1) is 0 Å². The lowest BCUT2D eigenvalue weighted by Gasteiger charge is -2.18. The van der Waals surface area contributed by atoms with E-state index in [2.05, 4.69) is 0 Å². The summed E-state index contributed by atoms with van der Waals surface area (Å²) in [6, 6.07) is 2.15. The Kier molecular flexibility index (Phi) is 3.61. The number of hydrogen-bond donors (Lipinski definition) is 2. The number of carbonyl (C=O) groups is 1. The van der Waals surface area contributed by atoms with Crippen LogP contribution in [0.25, 0.3) is 0 Å². The number of ether oxygens (including phenoxy) is 1. The molecule has 1 saturated carbocycles. The zero-order chi connectivity index (χ0) is 14.0. The Labute approximate surface area is 110 Å². The molecule has 1 aromatic heterocycles. The monoisotopic (exact) mass is 267 g/mol. The normalized spacial score (nSPS) is 16.3. The maximum atomic E-state index is 11.9. The third-order valence-corrected chi connectivity index (χ3v) is 3.62. The molecule has 0 bridgehead atoms. The molecule has 19 heavy (non-hydrogen) atoms. The van der Waals surface area contributed by atoms with Crippen molar-refractivity contribution in [2.45, 2.75) is 25.8 Å². The number of carboxylic acids is 1. The lowest BCUT2D eigenvalue weighted by atomic mass is 10.0. The van der Waals surface area contributed by atoms with Gasteiger partial charge in [0, 0.05) is 32.4 Å². The number of pyridine rings is 1. The second-order valence-electron chi connectivity index (χ2n) is 5.07. The van der Waals surface area contributed by atoms with E-state index in [1.54, 1.807) is 7.11 Å². The molecule has 1 heterocycles. The highest BCUT2D eigenvalue weighted by Crippen LogP contribution is 2.50. The summed E-state index contributed by atoms with van der Waals surface area (Å²) in [5.74, 6) is -1.53. The van der Waals surface area contributed by atoms with E-state index in [4.69, 9.17) is 9.84 Å². The molecule has 1 fully saturated rings. The van der Waals surface area contributed by atoms with Gasteiger partial charge >= 0.3 is 5.97 Å². The van der Waals surface area contributed by atoms with Crippen molar-refractivity contribution < 1.29 is 19.7 Å². The summed E-state index contributed by atoms with van der Waals surface area (Å²) in [6.45, 7) is 0.951. The van der Waals surface area contributed by atoms with Gasteiger partial charge < -0.3 is 19.5 Å². The number of aromatic nitrogens is 1. The molecule has 0 aromatic carbocycles. The van der Waals surface area contributed by atoms with Crippen LogP contribution in [0.15, 0.2) is 16.9 Å². The van der Waals surface area contributed by atoms with Gasteiger partial charge in [0.1, 0.15) is 11.4 Å². The van der Waals surface area contributed by atoms with E-state index in [-0.39, 0.29) is 16.9 Å². The first kappa shape index (κ1) is 13.6. The van der Waals surface area contributed by atoms with Gasteiger partial charge in [0.2, 0.25) is 0 Å². The standard InChI is InChI=1S/C13H17NO5/c1-19-5-4-13(2-3-13)8-14-10(12(17)18)6-9(15)7-11(14)16/h6-7,15H,2-5,8H2,1H3,(H,17,18). The molecule has 1 aliphatic rings. The minimum atomic E-state index is -1.21. The van der Waals surface area contributed by atoms with Crippen LogP contribution >= 0.6 is 0 Å². The average Bonchev–Trinajstić information content (AvgIpc) is 3.10. The molecule has 0 radical (unpaired) electrons. The van der Waals surface area contributed by atoms with Crippen LogP contribution in [0, 0.1) is 5.41 Å². The Morgan fingerprint density at radius 2 is 2.16 bits per heavy atom. The first-order chi connectivity index (χ1) is 8.97. The van der Waals surface area contributed by atoms with Gasteiger partial charge in [-0.05, 0) is 24.7 Å². The average molecular weight is 267 g/mol. The predicted molar refractivity (Wildman–Crippen MR) is 67.5 cm³/mol. The molecule has 0 atom stereocenters. The van der Waals surface area contributed by atoms with E-state index in [1.807, 2.05) is 0 Å². The maximum absolute atomic E-state index is 11.9. The van der Waals surface area contributed by atoms with Crippen LogP contribution in [0.3, 0.4) is 0 Å². The third kappa shape index (κ3) is 2.96. The minimum Gasteiger partial charge on any atom is -0.508 e. The number of methoxy groups -OCH3 is 1. The van der Waals surface area contributed by atoms with Crippen molar-refractivity contribution in [3.63, 3.8) is 0 Å². The Balaban J connectivity index is 2.30. The number of carboxylic acid groups (broad SMARTS) is 1. The number of hydrogen-bond acceptors (Lipinski definition) is 4. The van der Waals surface area contributed by atoms with Gasteiger partial charge in [0.05, 0.1) is 0 Å². The van der Waals surface area contributed by atoms with Crippen molar-refractivity contribution in [1.29, 1.82) is 0 Å². The van der Waals surface area contributed by atoms with Crippen LogP contribution in [0.1, 0.15) is 29.8 Å². The van der Waals surface area contributed by atoms with E-state index >= 15 is 0 Å². The van der Waals surface area contributed by atoms with E-state index in [0.29, 0.717) is 13.2 Å². The Bertz CT molecular complexity index is 544. The SMILES string of the molecule is COCCC1(Cn2c(C(=O)O)cc(O)cc2=O)CC1. The summed E-state index contributed by atoms with van der Waals surface area (Å²) in [7, 11) is 1.62. The van der Waals surface area contributed by atoms with E-state index < -0.39 is 11.5 Å². The van der Waals surface area contributed by atoms with Crippen LogP contribution < -0.4 is 5.56 Å². The van der Waals surface area contributed by atoms with Gasteiger partial charge in [-0.25, -0.2) is 4.79 Å². The molecular formula is C13H17NO5. The lowest BCUT2D eigenvalue weighted by molar-refractivity contribution is 0.0680. The first-order valence-electron chi connectivity index (χ1n) is 6.13. The summed E-state index contributed by atoms with van der Waals surface area (Å²) in [5, 5.41) is 18.4. The van der Waals surface area contributed by atoms with Gasteiger partial charge in [0.25, 0.3) is 5.56 Å². The fourth-order valence-electron chi connectivity index (χ4n) is 2.24. The highest BCUT2D eigenvalue weighted by Gasteiger charge is 2.43. The molecule has 6 heteroatoms. The van der Waals surface area contributed by atoms with Crippen LogP contribution in [-0.4, -0.2) is 34.5 Å². The molecule has 104 valence electrons. The van der Waals surface area contributed by atoms with Crippen LogP contribution in [-0.2, 0) is 11.3 Å². The number of aromatic hydroxyl groups is 1. The molecule has 1 aromatic rings. The molecule has 0 aliphatic heterocycles. The molecule has 6 nitrogen and oxygen atoms in total. The molecule has 0 spiro atoms. The van der Waals surface area contributed by atoms with Crippen molar-refractivity contribution in [1.82, 2.24) is 4.57 Å². The predicted octanol–water partition coefficient (Wildman–Crippen LogP) is 1.07. The maximum Gasteiger partial charge on any atom is 0.352 e. The second-order valence-corrected chi connectivity index (χ2v) is 5.07. The fraction of sp³-hybridized carbons (Fsp3) is 0.538. The Morgan fingerprint density at radius 3 is 2.68 bits per heavy atom. The van der Waals surface area contributed by atoms with E-state index in [9.17, 15) is 14.7 Å². The van der Waals surface area contributed by atoms with E-state index in [1.165, 1.54) is 4.57 Å². The molecule has 2 rings (SSSR count). The number of nitrogens with zero attached hydrogens (tertiary/aromatic N) is 1.